The van der Waals surface area contributed by atoms with Crippen molar-refractivity contribution in [1.29, 1.82) is 0 Å². The lowest BCUT2D eigenvalue weighted by molar-refractivity contribution is 0.184. The Morgan fingerprint density at radius 2 is 1.87 bits per heavy atom. The summed E-state index contributed by atoms with van der Waals surface area (Å²) >= 11 is 0. The van der Waals surface area contributed by atoms with Gasteiger partial charge in [-0.25, -0.2) is 4.79 Å². The van der Waals surface area contributed by atoms with Gasteiger partial charge in [-0.1, -0.05) is 56.3 Å². The number of carbonyl (C=O) groups excluding carboxylic acids is 1. The summed E-state index contributed by atoms with van der Waals surface area (Å²) in [6.07, 6.45) is 1.15. The van der Waals surface area contributed by atoms with E-state index >= 15 is 0 Å². The van der Waals surface area contributed by atoms with Crippen LogP contribution >= 0.6 is 0 Å². The molecule has 2 amide bonds. The molecule has 30 heavy (non-hydrogen) atoms. The van der Waals surface area contributed by atoms with Gasteiger partial charge in [0.05, 0.1) is 6.61 Å². The second-order valence-electron chi connectivity index (χ2n) is 8.79. The second kappa shape index (κ2) is 11.0. The summed E-state index contributed by atoms with van der Waals surface area (Å²) in [5.74, 6) is 1.90. The van der Waals surface area contributed by atoms with Crippen LogP contribution in [0.15, 0.2) is 54.6 Å². The average Bonchev–Trinajstić information content (AvgIpc) is 3.16. The summed E-state index contributed by atoms with van der Waals surface area (Å²) in [6, 6.07) is 18.2. The molecule has 0 aromatic heterocycles. The van der Waals surface area contributed by atoms with E-state index in [1.165, 1.54) is 0 Å². The molecule has 0 aliphatic carbocycles. The molecule has 1 unspecified atom stereocenters. The second-order valence-corrected chi connectivity index (χ2v) is 8.79. The first kappa shape index (κ1) is 22.2. The number of benzene rings is 2. The van der Waals surface area contributed by atoms with Crippen molar-refractivity contribution >= 4 is 6.03 Å². The summed E-state index contributed by atoms with van der Waals surface area (Å²) in [5, 5.41) is 3.11. The zero-order chi connectivity index (χ0) is 21.3. The number of rotatable bonds is 9. The number of nitrogens with zero attached hydrogens (tertiary/aromatic N) is 2. The standard InChI is InChI=1S/C25H35N3O2/c1-20(2)19-30-24-11-9-21(10-12-24)15-26-25(29)28(17-22-7-5-4-6-8-22)18-23-13-14-27(3)16-23/h4-12,20,23H,13-19H2,1-3H3,(H,26,29). The molecule has 162 valence electrons. The van der Waals surface area contributed by atoms with Crippen molar-refractivity contribution in [3.05, 3.63) is 65.7 Å². The highest BCUT2D eigenvalue weighted by Crippen LogP contribution is 2.18. The third-order valence-corrected chi connectivity index (χ3v) is 5.42. The molecule has 2 aromatic carbocycles. The van der Waals surface area contributed by atoms with Crippen LogP contribution in [0.2, 0.25) is 0 Å². The minimum Gasteiger partial charge on any atom is -0.493 e. The van der Waals surface area contributed by atoms with Crippen molar-refractivity contribution in [2.24, 2.45) is 11.8 Å². The maximum atomic E-state index is 13.0. The summed E-state index contributed by atoms with van der Waals surface area (Å²) in [5.41, 5.74) is 2.23. The number of hydrogen-bond donors (Lipinski definition) is 1. The minimum absolute atomic E-state index is 0.00598. The lowest BCUT2D eigenvalue weighted by Crippen LogP contribution is -2.42. The molecule has 0 radical (unpaired) electrons. The fraction of sp³-hybridized carbons (Fsp3) is 0.480. The molecule has 1 saturated heterocycles. The Morgan fingerprint density at radius 1 is 1.13 bits per heavy atom. The molecule has 0 bridgehead atoms. The van der Waals surface area contributed by atoms with Crippen LogP contribution in [-0.2, 0) is 13.1 Å². The molecular weight excluding hydrogens is 374 g/mol. The van der Waals surface area contributed by atoms with Crippen molar-refractivity contribution in [3.63, 3.8) is 0 Å². The van der Waals surface area contributed by atoms with E-state index in [1.807, 2.05) is 47.4 Å². The summed E-state index contributed by atoms with van der Waals surface area (Å²) < 4.78 is 5.74. The van der Waals surface area contributed by atoms with Crippen molar-refractivity contribution in [3.8, 4) is 5.75 Å². The fourth-order valence-corrected chi connectivity index (χ4v) is 3.77. The Hall–Kier alpha value is -2.53. The van der Waals surface area contributed by atoms with Gasteiger partial charge < -0.3 is 19.9 Å². The molecule has 5 heteroatoms. The normalized spacial score (nSPS) is 16.6. The Bertz CT molecular complexity index is 777. The van der Waals surface area contributed by atoms with Gasteiger partial charge in [-0.05, 0) is 55.1 Å². The van der Waals surface area contributed by atoms with Crippen molar-refractivity contribution < 1.29 is 9.53 Å². The smallest absolute Gasteiger partial charge is 0.317 e. The van der Waals surface area contributed by atoms with Crippen LogP contribution in [0.3, 0.4) is 0 Å². The first-order valence-corrected chi connectivity index (χ1v) is 11.0. The summed E-state index contributed by atoms with van der Waals surface area (Å²) in [4.78, 5) is 17.3. The lowest BCUT2D eigenvalue weighted by atomic mass is 10.1. The molecule has 1 aliphatic rings. The number of carbonyl (C=O) groups is 1. The van der Waals surface area contributed by atoms with Crippen molar-refractivity contribution in [2.75, 3.05) is 33.3 Å². The predicted molar refractivity (Wildman–Crippen MR) is 121 cm³/mol. The van der Waals surface area contributed by atoms with E-state index in [2.05, 4.69) is 43.2 Å². The number of nitrogens with one attached hydrogen (secondary N) is 1. The highest BCUT2D eigenvalue weighted by atomic mass is 16.5. The molecule has 0 spiro atoms. The van der Waals surface area contributed by atoms with Crippen LogP contribution in [0.1, 0.15) is 31.4 Å². The summed E-state index contributed by atoms with van der Waals surface area (Å²) in [6.45, 7) is 9.07. The molecule has 0 saturated carbocycles. The Labute approximate surface area is 181 Å². The van der Waals surface area contributed by atoms with Gasteiger partial charge >= 0.3 is 6.03 Å². The number of amides is 2. The average molecular weight is 410 g/mol. The lowest BCUT2D eigenvalue weighted by Gasteiger charge is -2.26. The van der Waals surface area contributed by atoms with Crippen molar-refractivity contribution in [1.82, 2.24) is 15.1 Å². The zero-order valence-electron chi connectivity index (χ0n) is 18.5. The third-order valence-electron chi connectivity index (χ3n) is 5.42. The van der Waals surface area contributed by atoms with Crippen LogP contribution in [0.4, 0.5) is 4.79 Å². The topological polar surface area (TPSA) is 44.8 Å². The predicted octanol–water partition coefficient (Wildman–Crippen LogP) is 4.38. The van der Waals surface area contributed by atoms with E-state index in [9.17, 15) is 4.79 Å². The van der Waals surface area contributed by atoms with Crippen molar-refractivity contribution in [2.45, 2.75) is 33.4 Å². The number of likely N-dealkylation sites (tertiary alicyclic amines) is 1. The van der Waals surface area contributed by atoms with Crippen LogP contribution in [0.25, 0.3) is 0 Å². The zero-order valence-corrected chi connectivity index (χ0v) is 18.5. The molecule has 1 N–H and O–H groups in total. The number of ether oxygens (including phenoxy) is 1. The molecule has 5 nitrogen and oxygen atoms in total. The van der Waals surface area contributed by atoms with Gasteiger partial charge in [0.15, 0.2) is 0 Å². The van der Waals surface area contributed by atoms with E-state index in [0.29, 0.717) is 31.5 Å². The number of hydrogen-bond acceptors (Lipinski definition) is 3. The van der Waals surface area contributed by atoms with Gasteiger partial charge in [-0.3, -0.25) is 0 Å². The first-order valence-electron chi connectivity index (χ1n) is 11.0. The molecular formula is C25H35N3O2. The minimum atomic E-state index is -0.00598. The van der Waals surface area contributed by atoms with Crippen LogP contribution in [-0.4, -0.2) is 49.1 Å². The molecule has 1 aliphatic heterocycles. The number of urea groups is 1. The molecule has 1 atom stereocenters. The molecule has 1 heterocycles. The van der Waals surface area contributed by atoms with Gasteiger partial charge in [0, 0.05) is 26.2 Å². The van der Waals surface area contributed by atoms with Crippen LogP contribution in [0.5, 0.6) is 5.75 Å². The Kier molecular flexibility index (Phi) is 8.14. The third kappa shape index (κ3) is 7.06. The SMILES string of the molecule is CC(C)COc1ccc(CNC(=O)N(Cc2ccccc2)CC2CCN(C)C2)cc1. The van der Waals surface area contributed by atoms with Gasteiger partial charge in [-0.15, -0.1) is 0 Å². The van der Waals surface area contributed by atoms with Gasteiger partial charge in [-0.2, -0.15) is 0 Å². The molecule has 2 aromatic rings. The van der Waals surface area contributed by atoms with Gasteiger partial charge in [0.1, 0.15) is 5.75 Å². The maximum absolute atomic E-state index is 13.0. The van der Waals surface area contributed by atoms with Crippen LogP contribution < -0.4 is 10.1 Å². The molecule has 3 rings (SSSR count). The van der Waals surface area contributed by atoms with E-state index in [1.54, 1.807) is 0 Å². The van der Waals surface area contributed by atoms with Gasteiger partial charge in [0.2, 0.25) is 0 Å². The van der Waals surface area contributed by atoms with Gasteiger partial charge in [0.25, 0.3) is 0 Å². The highest BCUT2D eigenvalue weighted by molar-refractivity contribution is 5.74. The quantitative estimate of drug-likeness (QED) is 0.668. The summed E-state index contributed by atoms with van der Waals surface area (Å²) in [7, 11) is 2.15. The Morgan fingerprint density at radius 3 is 2.50 bits per heavy atom. The van der Waals surface area contributed by atoms with E-state index < -0.39 is 0 Å². The largest absolute Gasteiger partial charge is 0.493 e. The van der Waals surface area contributed by atoms with E-state index in [0.717, 1.165) is 42.9 Å². The monoisotopic (exact) mass is 409 g/mol. The molecule has 1 fully saturated rings. The van der Waals surface area contributed by atoms with E-state index in [4.69, 9.17) is 4.74 Å². The van der Waals surface area contributed by atoms with E-state index in [-0.39, 0.29) is 6.03 Å². The van der Waals surface area contributed by atoms with Crippen LogP contribution in [0, 0.1) is 11.8 Å². The highest BCUT2D eigenvalue weighted by Gasteiger charge is 2.24. The Balaban J connectivity index is 1.56. The fourth-order valence-electron chi connectivity index (χ4n) is 3.77. The maximum Gasteiger partial charge on any atom is 0.317 e. The first-order chi connectivity index (χ1) is 14.5.